The molecule has 9 nitrogen and oxygen atoms in total. The first-order valence-electron chi connectivity index (χ1n) is 17.5. The number of benzene rings is 2. The summed E-state index contributed by atoms with van der Waals surface area (Å²) in [6.45, 7) is 2.03. The Hall–Kier alpha value is -2.97. The lowest BCUT2D eigenvalue weighted by atomic mass is 10.0. The average molecular weight is 801 g/mol. The van der Waals surface area contributed by atoms with Crippen molar-refractivity contribution in [2.24, 2.45) is 0 Å². The van der Waals surface area contributed by atoms with Gasteiger partial charge in [0.05, 0.1) is 12.1 Å². The molecular weight excluding hydrogens is 752 g/mol. The molecule has 2 saturated heterocycles. The molecule has 16 heteroatoms. The van der Waals surface area contributed by atoms with Crippen LogP contribution in [0.15, 0.2) is 85.0 Å². The lowest BCUT2D eigenvalue weighted by molar-refractivity contribution is -0.105. The van der Waals surface area contributed by atoms with Crippen LogP contribution in [0.2, 0.25) is 0 Å². The van der Waals surface area contributed by atoms with Gasteiger partial charge in [-0.2, -0.15) is 42.8 Å². The fourth-order valence-corrected chi connectivity index (χ4v) is 7.99. The Morgan fingerprint density at radius 2 is 1.08 bits per heavy atom. The van der Waals surface area contributed by atoms with Crippen LogP contribution in [0.4, 0.5) is 27.2 Å². The maximum absolute atomic E-state index is 16.3. The van der Waals surface area contributed by atoms with Gasteiger partial charge < -0.3 is 19.6 Å². The molecule has 2 aromatic rings. The first kappa shape index (κ1) is 42.8. The molecule has 0 saturated carbocycles. The van der Waals surface area contributed by atoms with Gasteiger partial charge in [-0.3, -0.25) is 13.6 Å². The van der Waals surface area contributed by atoms with Crippen molar-refractivity contribution in [3.8, 4) is 0 Å². The van der Waals surface area contributed by atoms with Crippen LogP contribution in [0.1, 0.15) is 36.8 Å². The Morgan fingerprint density at radius 3 is 1.42 bits per heavy atom. The number of alkyl halides is 4. The number of rotatable bonds is 20. The topological polar surface area (TPSA) is 82.6 Å². The number of amides is 4. The van der Waals surface area contributed by atoms with E-state index in [0.717, 1.165) is 31.7 Å². The molecule has 4 rings (SSSR count). The third-order valence-electron chi connectivity index (χ3n) is 9.14. The number of halogens is 4. The van der Waals surface area contributed by atoms with Crippen LogP contribution >= 0.6 is 32.9 Å². The van der Waals surface area contributed by atoms with E-state index in [0.29, 0.717) is 37.4 Å². The van der Waals surface area contributed by atoms with Gasteiger partial charge in [-0.1, -0.05) is 85.0 Å². The summed E-state index contributed by atoms with van der Waals surface area (Å²) in [5.74, 6) is -6.36. The summed E-state index contributed by atoms with van der Waals surface area (Å²) in [4.78, 5) is 31.8. The lowest BCUT2D eigenvalue weighted by Crippen LogP contribution is -2.37. The molecular formula is C37H49F4N4O5PS2. The molecule has 0 N–H and O–H groups in total. The van der Waals surface area contributed by atoms with Crippen LogP contribution in [0.3, 0.4) is 0 Å². The molecule has 4 unspecified atom stereocenters. The third-order valence-corrected chi connectivity index (χ3v) is 11.0. The maximum atomic E-state index is 16.3. The van der Waals surface area contributed by atoms with Crippen LogP contribution in [0, 0.1) is 0 Å². The van der Waals surface area contributed by atoms with Gasteiger partial charge in [0, 0.05) is 58.1 Å². The van der Waals surface area contributed by atoms with E-state index in [1.54, 1.807) is 36.0 Å². The standard InChI is InChI=1S/C37H49F4N4O5PS2/c1-42-26-30(44(34(42)46)22-10-12-24-52)18-20-32(36(38,39)28-14-6-4-7-15-28)49-51(3,48)50-33(37(40,41)29-16-8-5-9-17-29)21-19-31-27-43(2)35(47)45(31)23-11-13-25-53/h4-9,14-21,30-33,52-53H,10-13,22-27H2,1-3H3. The number of hydrogen-bond acceptors (Lipinski definition) is 7. The van der Waals surface area contributed by atoms with Crippen molar-refractivity contribution in [1.29, 1.82) is 0 Å². The quantitative estimate of drug-likeness (QED) is 0.0465. The molecule has 0 spiro atoms. The highest BCUT2D eigenvalue weighted by Gasteiger charge is 2.48. The van der Waals surface area contributed by atoms with Gasteiger partial charge in [0.1, 0.15) is 0 Å². The van der Waals surface area contributed by atoms with Crippen molar-refractivity contribution in [3.63, 3.8) is 0 Å². The summed E-state index contributed by atoms with van der Waals surface area (Å²) >= 11 is 8.44. The van der Waals surface area contributed by atoms with Crippen LogP contribution < -0.4 is 0 Å². The van der Waals surface area contributed by atoms with Gasteiger partial charge in [-0.25, -0.2) is 9.59 Å². The number of nitrogens with zero attached hydrogens (tertiary/aromatic N) is 4. The molecule has 2 fully saturated rings. The Bertz CT molecular complexity index is 1500. The summed E-state index contributed by atoms with van der Waals surface area (Å²) in [6.07, 6.45) is 3.16. The second-order valence-corrected chi connectivity index (χ2v) is 16.1. The lowest BCUT2D eigenvalue weighted by Gasteiger charge is -2.32. The fraction of sp³-hybridized carbons (Fsp3) is 0.514. The average Bonchev–Trinajstić information content (AvgIpc) is 3.56. The van der Waals surface area contributed by atoms with E-state index >= 15 is 17.6 Å². The maximum Gasteiger partial charge on any atom is 0.329 e. The number of thiol groups is 2. The highest BCUT2D eigenvalue weighted by atomic mass is 32.1. The van der Waals surface area contributed by atoms with Crippen molar-refractivity contribution < 1.29 is 40.8 Å². The number of carbonyl (C=O) groups is 2. The minimum Gasteiger partial charge on any atom is -0.325 e. The van der Waals surface area contributed by atoms with Gasteiger partial charge in [0.2, 0.25) is 0 Å². The van der Waals surface area contributed by atoms with Gasteiger partial charge in [-0.05, 0) is 37.2 Å². The van der Waals surface area contributed by atoms with Crippen LogP contribution in [0.5, 0.6) is 0 Å². The summed E-state index contributed by atoms with van der Waals surface area (Å²) in [7, 11) is -1.54. The minimum atomic E-state index is -4.75. The highest BCUT2D eigenvalue weighted by Crippen LogP contribution is 2.53. The highest BCUT2D eigenvalue weighted by molar-refractivity contribution is 7.80. The number of carbonyl (C=O) groups excluding carboxylic acids is 2. The number of unbranched alkanes of at least 4 members (excludes halogenated alkanes) is 2. The van der Waals surface area contributed by atoms with E-state index in [-0.39, 0.29) is 25.2 Å². The molecule has 0 aromatic heterocycles. The zero-order valence-electron chi connectivity index (χ0n) is 30.1. The molecule has 0 bridgehead atoms. The minimum absolute atomic E-state index is 0.209. The first-order chi connectivity index (χ1) is 25.1. The summed E-state index contributed by atoms with van der Waals surface area (Å²) in [6, 6.07) is 11.7. The SMILES string of the molecule is CN1CC(C=CC(OP(C)(=O)OC(C=CC2CN(C)C(=O)N2CCCCS)C(F)(F)c2ccccc2)C(F)(F)c2ccccc2)N(CCCCS)C1=O. The summed E-state index contributed by atoms with van der Waals surface area (Å²) in [5, 5.41) is 0. The Morgan fingerprint density at radius 1 is 0.717 bits per heavy atom. The zero-order chi connectivity index (χ0) is 38.8. The van der Waals surface area contributed by atoms with Crippen LogP contribution in [0.25, 0.3) is 0 Å². The van der Waals surface area contributed by atoms with Crippen LogP contribution in [-0.2, 0) is 25.5 Å². The molecule has 0 aliphatic carbocycles. The number of likely N-dealkylation sites (N-methyl/N-ethyl adjacent to an activating group) is 2. The van der Waals surface area contributed by atoms with Crippen molar-refractivity contribution in [1.82, 2.24) is 19.6 Å². The molecule has 2 aliphatic heterocycles. The summed E-state index contributed by atoms with van der Waals surface area (Å²) in [5.41, 5.74) is -0.919. The smallest absolute Gasteiger partial charge is 0.325 e. The molecule has 2 aliphatic rings. The second kappa shape index (κ2) is 19.1. The van der Waals surface area contributed by atoms with E-state index in [1.807, 2.05) is 0 Å². The van der Waals surface area contributed by atoms with Gasteiger partial charge in [0.15, 0.2) is 12.2 Å². The van der Waals surface area contributed by atoms with Gasteiger partial charge in [-0.15, -0.1) is 0 Å². The Kier molecular flexibility index (Phi) is 15.4. The Labute approximate surface area is 320 Å². The predicted molar refractivity (Wildman–Crippen MR) is 205 cm³/mol. The zero-order valence-corrected chi connectivity index (χ0v) is 32.8. The summed E-state index contributed by atoms with van der Waals surface area (Å²) < 4.78 is 90.5. The predicted octanol–water partition coefficient (Wildman–Crippen LogP) is 8.17. The van der Waals surface area contributed by atoms with Crippen LogP contribution in [-0.4, -0.2) is 114 Å². The second-order valence-electron chi connectivity index (χ2n) is 13.3. The Balaban J connectivity index is 1.67. The van der Waals surface area contributed by atoms with Gasteiger partial charge in [0.25, 0.3) is 0 Å². The van der Waals surface area contributed by atoms with Gasteiger partial charge >= 0.3 is 31.5 Å². The largest absolute Gasteiger partial charge is 0.329 e. The van der Waals surface area contributed by atoms with Crippen molar-refractivity contribution >= 4 is 44.9 Å². The van der Waals surface area contributed by atoms with E-state index in [9.17, 15) is 14.2 Å². The molecule has 0 radical (unpaired) electrons. The molecule has 2 heterocycles. The van der Waals surface area contributed by atoms with Crippen molar-refractivity contribution in [2.75, 3.05) is 58.4 Å². The molecule has 53 heavy (non-hydrogen) atoms. The molecule has 4 atom stereocenters. The monoisotopic (exact) mass is 800 g/mol. The molecule has 4 amide bonds. The van der Waals surface area contributed by atoms with E-state index in [1.165, 1.54) is 70.5 Å². The first-order valence-corrected chi connectivity index (χ1v) is 20.8. The normalized spacial score (nSPS) is 21.0. The number of urea groups is 2. The van der Waals surface area contributed by atoms with E-state index in [4.69, 9.17) is 9.05 Å². The molecule has 2 aromatic carbocycles. The molecule has 292 valence electrons. The van der Waals surface area contributed by atoms with Crippen molar-refractivity contribution in [2.45, 2.75) is 61.8 Å². The fourth-order valence-electron chi connectivity index (χ4n) is 6.27. The third kappa shape index (κ3) is 11.1. The number of hydrogen-bond donors (Lipinski definition) is 2. The van der Waals surface area contributed by atoms with E-state index in [2.05, 4.69) is 25.3 Å². The van der Waals surface area contributed by atoms with E-state index < -0.39 is 54.9 Å². The van der Waals surface area contributed by atoms with Crippen molar-refractivity contribution in [3.05, 3.63) is 96.1 Å².